The van der Waals surface area contributed by atoms with Crippen molar-refractivity contribution in [3.05, 3.63) is 35.8 Å². The van der Waals surface area contributed by atoms with E-state index in [9.17, 15) is 4.39 Å². The fourth-order valence-corrected chi connectivity index (χ4v) is 5.76. The van der Waals surface area contributed by atoms with Crippen LogP contribution in [0.2, 0.25) is 0 Å². The van der Waals surface area contributed by atoms with Crippen LogP contribution >= 0.6 is 11.8 Å². The van der Waals surface area contributed by atoms with Crippen molar-refractivity contribution in [2.24, 2.45) is 4.99 Å². The molecule has 3 heterocycles. The van der Waals surface area contributed by atoms with Gasteiger partial charge in [-0.15, -0.1) is 0 Å². The predicted molar refractivity (Wildman–Crippen MR) is 118 cm³/mol. The van der Waals surface area contributed by atoms with Crippen molar-refractivity contribution < 1.29 is 9.13 Å². The van der Waals surface area contributed by atoms with Crippen molar-refractivity contribution >= 4 is 28.6 Å². The molecule has 0 bridgehead atoms. The molecule has 0 saturated carbocycles. The van der Waals surface area contributed by atoms with Crippen molar-refractivity contribution in [3.63, 3.8) is 0 Å². The van der Waals surface area contributed by atoms with Gasteiger partial charge in [0.25, 0.3) is 0 Å². The zero-order valence-electron chi connectivity index (χ0n) is 17.0. The Labute approximate surface area is 175 Å². The molecule has 2 saturated heterocycles. The van der Waals surface area contributed by atoms with Crippen LogP contribution in [-0.2, 0) is 11.2 Å². The van der Waals surface area contributed by atoms with Gasteiger partial charge in [-0.2, -0.15) is 11.8 Å². The maximum atomic E-state index is 13.4. The van der Waals surface area contributed by atoms with Gasteiger partial charge in [-0.25, -0.2) is 4.39 Å². The highest BCUT2D eigenvalue weighted by atomic mass is 32.2. The van der Waals surface area contributed by atoms with Crippen molar-refractivity contribution in [1.29, 1.82) is 0 Å². The van der Waals surface area contributed by atoms with Gasteiger partial charge in [0.05, 0.1) is 13.2 Å². The maximum Gasteiger partial charge on any atom is 0.191 e. The van der Waals surface area contributed by atoms with Crippen LogP contribution in [0.15, 0.2) is 29.4 Å². The highest BCUT2D eigenvalue weighted by Gasteiger charge is 2.40. The molecule has 0 radical (unpaired) electrons. The van der Waals surface area contributed by atoms with Crippen LogP contribution in [-0.4, -0.2) is 79.3 Å². The van der Waals surface area contributed by atoms with E-state index in [2.05, 4.69) is 25.5 Å². The molecule has 8 heteroatoms. The Balaban J connectivity index is 1.31. The number of benzene rings is 1. The van der Waals surface area contributed by atoms with Gasteiger partial charge in [0.2, 0.25) is 0 Å². The van der Waals surface area contributed by atoms with Gasteiger partial charge in [-0.05, 0) is 42.4 Å². The summed E-state index contributed by atoms with van der Waals surface area (Å²) in [6.07, 6.45) is 4.01. The number of H-pyrrole nitrogens is 1. The van der Waals surface area contributed by atoms with E-state index in [-0.39, 0.29) is 11.4 Å². The van der Waals surface area contributed by atoms with Crippen molar-refractivity contribution in [2.45, 2.75) is 18.4 Å². The first-order chi connectivity index (χ1) is 14.2. The zero-order valence-corrected chi connectivity index (χ0v) is 17.8. The van der Waals surface area contributed by atoms with E-state index in [1.165, 1.54) is 29.9 Å². The van der Waals surface area contributed by atoms with E-state index in [0.29, 0.717) is 0 Å². The molecule has 1 atom stereocenters. The molecule has 2 aromatic rings. The summed E-state index contributed by atoms with van der Waals surface area (Å²) in [6.45, 7) is 5.34. The van der Waals surface area contributed by atoms with Crippen LogP contribution in [0.4, 0.5) is 4.39 Å². The average Bonchev–Trinajstić information content (AvgIpc) is 3.39. The lowest BCUT2D eigenvalue weighted by Crippen LogP contribution is -2.60. The number of aromatic amines is 1. The van der Waals surface area contributed by atoms with Gasteiger partial charge in [-0.1, -0.05) is 0 Å². The molecule has 158 valence electrons. The van der Waals surface area contributed by atoms with Crippen LogP contribution in [0.25, 0.3) is 10.9 Å². The second kappa shape index (κ2) is 9.36. The Morgan fingerprint density at radius 1 is 1.34 bits per heavy atom. The number of thioether (sulfide) groups is 1. The molecule has 1 unspecified atom stereocenters. The molecule has 2 aliphatic rings. The van der Waals surface area contributed by atoms with Crippen molar-refractivity contribution in [3.8, 4) is 0 Å². The normalized spacial score (nSPS) is 23.6. The highest BCUT2D eigenvalue weighted by molar-refractivity contribution is 7.99. The predicted octanol–water partition coefficient (Wildman–Crippen LogP) is 2.22. The Morgan fingerprint density at radius 2 is 2.21 bits per heavy atom. The maximum absolute atomic E-state index is 13.4. The highest BCUT2D eigenvalue weighted by Crippen LogP contribution is 2.33. The Bertz CT molecular complexity index is 843. The van der Waals surface area contributed by atoms with Crippen LogP contribution in [0.5, 0.6) is 0 Å². The van der Waals surface area contributed by atoms with E-state index in [1.54, 1.807) is 0 Å². The van der Waals surface area contributed by atoms with E-state index >= 15 is 0 Å². The third-order valence-electron chi connectivity index (χ3n) is 5.99. The number of nitrogens with one attached hydrogen (secondary N) is 3. The molecule has 0 spiro atoms. The number of nitrogens with zero attached hydrogens (tertiary/aromatic N) is 2. The molecule has 6 nitrogen and oxygen atoms in total. The van der Waals surface area contributed by atoms with Crippen molar-refractivity contribution in [1.82, 2.24) is 20.5 Å². The molecule has 2 aliphatic heterocycles. The van der Waals surface area contributed by atoms with Gasteiger partial charge >= 0.3 is 0 Å². The summed E-state index contributed by atoms with van der Waals surface area (Å²) >= 11 is 2.04. The minimum Gasteiger partial charge on any atom is -0.379 e. The molecule has 1 aromatic heterocycles. The van der Waals surface area contributed by atoms with Crippen LogP contribution < -0.4 is 10.6 Å². The second-order valence-corrected chi connectivity index (χ2v) is 8.84. The van der Waals surface area contributed by atoms with Crippen LogP contribution in [0.3, 0.4) is 0 Å². The van der Waals surface area contributed by atoms with Crippen LogP contribution in [0.1, 0.15) is 12.0 Å². The molecular weight excluding hydrogens is 389 g/mol. The lowest BCUT2D eigenvalue weighted by atomic mass is 9.95. The van der Waals surface area contributed by atoms with E-state index < -0.39 is 0 Å². The van der Waals surface area contributed by atoms with Gasteiger partial charge in [0.1, 0.15) is 5.82 Å². The number of fused-ring (bicyclic) bond motifs is 1. The van der Waals surface area contributed by atoms with E-state index in [1.807, 2.05) is 31.1 Å². The summed E-state index contributed by atoms with van der Waals surface area (Å²) in [5.41, 5.74) is 2.21. The zero-order chi connectivity index (χ0) is 20.1. The van der Waals surface area contributed by atoms with Crippen LogP contribution in [0, 0.1) is 5.82 Å². The monoisotopic (exact) mass is 419 g/mol. The lowest BCUT2D eigenvalue weighted by molar-refractivity contribution is -0.0120. The summed E-state index contributed by atoms with van der Waals surface area (Å²) in [6, 6.07) is 4.89. The van der Waals surface area contributed by atoms with Gasteiger partial charge in [0, 0.05) is 61.6 Å². The summed E-state index contributed by atoms with van der Waals surface area (Å²) in [5, 5.41) is 8.06. The molecule has 0 amide bonds. The summed E-state index contributed by atoms with van der Waals surface area (Å²) in [7, 11) is 1.81. The lowest BCUT2D eigenvalue weighted by Gasteiger charge is -2.43. The van der Waals surface area contributed by atoms with Gasteiger partial charge < -0.3 is 20.4 Å². The van der Waals surface area contributed by atoms with Gasteiger partial charge in [0.15, 0.2) is 5.96 Å². The number of halogens is 1. The molecule has 3 N–H and O–H groups in total. The molecule has 4 rings (SSSR count). The number of hydrogen-bond acceptors (Lipinski definition) is 4. The fourth-order valence-electron chi connectivity index (χ4n) is 4.28. The SMILES string of the molecule is CN=C(NCCc1c[nH]c2cc(F)ccc12)NCC1(N2CCOCC2)CCSC1. The first-order valence-electron chi connectivity index (χ1n) is 10.3. The quantitative estimate of drug-likeness (QED) is 0.495. The third kappa shape index (κ3) is 4.70. The van der Waals surface area contributed by atoms with E-state index in [0.717, 1.165) is 68.4 Å². The Kier molecular flexibility index (Phi) is 6.62. The number of guanidine groups is 1. The van der Waals surface area contributed by atoms with Crippen molar-refractivity contribution in [2.75, 3.05) is 57.9 Å². The number of aliphatic imine (C=N–C) groups is 1. The second-order valence-electron chi connectivity index (χ2n) is 7.73. The molecule has 29 heavy (non-hydrogen) atoms. The summed E-state index contributed by atoms with van der Waals surface area (Å²) in [5.74, 6) is 2.99. The average molecular weight is 420 g/mol. The topological polar surface area (TPSA) is 64.7 Å². The first-order valence-corrected chi connectivity index (χ1v) is 11.5. The Morgan fingerprint density at radius 3 is 2.97 bits per heavy atom. The summed E-state index contributed by atoms with van der Waals surface area (Å²) in [4.78, 5) is 10.2. The Hall–Kier alpha value is -1.77. The molecule has 2 fully saturated rings. The third-order valence-corrected chi connectivity index (χ3v) is 7.22. The number of ether oxygens (including phenoxy) is 1. The molecular formula is C21H30FN5OS. The van der Waals surface area contributed by atoms with Gasteiger partial charge in [-0.3, -0.25) is 9.89 Å². The van der Waals surface area contributed by atoms with E-state index in [4.69, 9.17) is 4.74 Å². The molecule has 0 aliphatic carbocycles. The number of rotatable bonds is 6. The molecule has 1 aromatic carbocycles. The number of morpholine rings is 1. The largest absolute Gasteiger partial charge is 0.379 e. The number of hydrogen-bond donors (Lipinski definition) is 3. The fraction of sp³-hybridized carbons (Fsp3) is 0.571. The smallest absolute Gasteiger partial charge is 0.191 e. The first kappa shape index (κ1) is 20.5. The summed E-state index contributed by atoms with van der Waals surface area (Å²) < 4.78 is 18.9. The standard InChI is InChI=1S/C21H30FN5OS/c1-23-20(24-6-4-16-13-25-19-12-17(22)2-3-18(16)19)26-14-21(5-11-29-15-21)27-7-9-28-10-8-27/h2-3,12-13,25H,4-11,14-15H2,1H3,(H2,23,24,26). The minimum atomic E-state index is -0.215. The minimum absolute atomic E-state index is 0.187. The number of aromatic nitrogens is 1.